The third kappa shape index (κ3) is 6.53. The molecule has 0 aliphatic carbocycles. The second kappa shape index (κ2) is 11.4. The molecule has 0 radical (unpaired) electrons. The molecular formula is C26H28N6O5. The van der Waals surface area contributed by atoms with Gasteiger partial charge in [0.2, 0.25) is 11.8 Å². The van der Waals surface area contributed by atoms with Crippen LogP contribution in [0.3, 0.4) is 0 Å². The molecule has 4 rings (SSSR count). The zero-order valence-electron chi connectivity index (χ0n) is 19.8. The lowest BCUT2D eigenvalue weighted by Gasteiger charge is -2.23. The molecule has 11 heteroatoms. The van der Waals surface area contributed by atoms with E-state index in [0.717, 1.165) is 16.5 Å². The van der Waals surface area contributed by atoms with Crippen LogP contribution in [0.1, 0.15) is 16.8 Å². The number of nitrogens with one attached hydrogen (secondary N) is 4. The largest absolute Gasteiger partial charge is 0.508 e. The quantitative estimate of drug-likeness (QED) is 0.159. The van der Waals surface area contributed by atoms with Crippen LogP contribution in [0.2, 0.25) is 0 Å². The first-order valence-electron chi connectivity index (χ1n) is 11.7. The maximum Gasteiger partial charge on any atom is 0.326 e. The summed E-state index contributed by atoms with van der Waals surface area (Å²) in [6, 6.07) is 10.3. The lowest BCUT2D eigenvalue weighted by Crippen LogP contribution is -2.55. The molecule has 0 bridgehead atoms. The van der Waals surface area contributed by atoms with Gasteiger partial charge in [0.15, 0.2) is 0 Å². The SMILES string of the molecule is N[C@@H](Cc1c[nH]cn1)C(=O)N[C@@H](Cc1ccc(O)cc1)C(=O)N[C@@H](Cc1c[nH]c2ccccc12)C(=O)O. The van der Waals surface area contributed by atoms with Gasteiger partial charge in [-0.25, -0.2) is 9.78 Å². The number of nitrogens with two attached hydrogens (primary N) is 1. The standard InChI is InChI=1S/C26H28N6O5/c27-20(11-17-13-28-14-30-17)24(34)31-22(9-15-5-7-18(33)8-6-15)25(35)32-23(26(36)37)10-16-12-29-21-4-2-1-3-19(16)21/h1-8,12-14,20,22-23,29,33H,9-11,27H2,(H,28,30)(H,31,34)(H,32,35)(H,36,37)/t20-,22-,23-/m0/s1. The molecule has 192 valence electrons. The Bertz CT molecular complexity index is 1370. The van der Waals surface area contributed by atoms with Gasteiger partial charge < -0.3 is 36.5 Å². The van der Waals surface area contributed by atoms with E-state index >= 15 is 0 Å². The molecule has 0 aliphatic rings. The van der Waals surface area contributed by atoms with E-state index in [9.17, 15) is 24.6 Å². The summed E-state index contributed by atoms with van der Waals surface area (Å²) in [4.78, 5) is 48.1. The molecule has 0 unspecified atom stereocenters. The van der Waals surface area contributed by atoms with Crippen molar-refractivity contribution < 1.29 is 24.6 Å². The minimum atomic E-state index is -1.23. The molecule has 2 aromatic carbocycles. The van der Waals surface area contributed by atoms with Crippen molar-refractivity contribution in [3.63, 3.8) is 0 Å². The number of aromatic amines is 2. The van der Waals surface area contributed by atoms with E-state index in [-0.39, 0.29) is 25.0 Å². The number of rotatable bonds is 11. The maximum atomic E-state index is 13.3. The number of H-pyrrole nitrogens is 2. The summed E-state index contributed by atoms with van der Waals surface area (Å²) in [5.41, 5.74) is 8.88. The Kier molecular flexibility index (Phi) is 7.84. The summed E-state index contributed by atoms with van der Waals surface area (Å²) >= 11 is 0. The Morgan fingerprint density at radius 3 is 2.35 bits per heavy atom. The predicted octanol–water partition coefficient (Wildman–Crippen LogP) is 1.01. The Labute approximate surface area is 212 Å². The Morgan fingerprint density at radius 2 is 1.65 bits per heavy atom. The first-order valence-corrected chi connectivity index (χ1v) is 11.7. The highest BCUT2D eigenvalue weighted by molar-refractivity contribution is 5.92. The molecule has 4 aromatic rings. The van der Waals surface area contributed by atoms with E-state index in [1.807, 2.05) is 24.3 Å². The number of aromatic hydroxyl groups is 1. The minimum Gasteiger partial charge on any atom is -0.508 e. The van der Waals surface area contributed by atoms with Crippen molar-refractivity contribution in [1.29, 1.82) is 0 Å². The maximum absolute atomic E-state index is 13.3. The van der Waals surface area contributed by atoms with Gasteiger partial charge in [0, 0.05) is 42.6 Å². The highest BCUT2D eigenvalue weighted by atomic mass is 16.4. The van der Waals surface area contributed by atoms with Crippen molar-refractivity contribution >= 4 is 28.7 Å². The van der Waals surface area contributed by atoms with E-state index in [1.165, 1.54) is 18.5 Å². The second-order valence-corrected chi connectivity index (χ2v) is 8.77. The van der Waals surface area contributed by atoms with Crippen molar-refractivity contribution in [2.75, 3.05) is 0 Å². The number of amides is 2. The average Bonchev–Trinajstić information content (AvgIpc) is 3.54. The number of carbonyl (C=O) groups is 3. The molecule has 0 saturated carbocycles. The zero-order chi connectivity index (χ0) is 26.4. The second-order valence-electron chi connectivity index (χ2n) is 8.77. The minimum absolute atomic E-state index is 0.0453. The van der Waals surface area contributed by atoms with Gasteiger partial charge in [-0.3, -0.25) is 9.59 Å². The number of nitrogens with zero attached hydrogens (tertiary/aromatic N) is 1. The first kappa shape index (κ1) is 25.5. The number of carbonyl (C=O) groups excluding carboxylic acids is 2. The van der Waals surface area contributed by atoms with Crippen LogP contribution >= 0.6 is 0 Å². The monoisotopic (exact) mass is 504 g/mol. The van der Waals surface area contributed by atoms with E-state index in [1.54, 1.807) is 24.5 Å². The van der Waals surface area contributed by atoms with Gasteiger partial charge in [0.05, 0.1) is 18.1 Å². The predicted molar refractivity (Wildman–Crippen MR) is 136 cm³/mol. The number of carboxylic acids is 1. The number of hydrogen-bond acceptors (Lipinski definition) is 6. The summed E-state index contributed by atoms with van der Waals surface area (Å²) in [6.07, 6.45) is 5.07. The van der Waals surface area contributed by atoms with Crippen molar-refractivity contribution in [1.82, 2.24) is 25.6 Å². The molecule has 3 atom stereocenters. The van der Waals surface area contributed by atoms with Crippen LogP contribution in [-0.4, -0.2) is 61.1 Å². The Hall–Kier alpha value is -4.64. The molecule has 2 aromatic heterocycles. The number of phenols is 1. The van der Waals surface area contributed by atoms with E-state index in [4.69, 9.17) is 5.73 Å². The molecule has 37 heavy (non-hydrogen) atoms. The normalized spacial score (nSPS) is 13.5. The van der Waals surface area contributed by atoms with Crippen molar-refractivity contribution in [3.05, 3.63) is 84.1 Å². The fraction of sp³-hybridized carbons (Fsp3) is 0.231. The number of benzene rings is 2. The fourth-order valence-corrected chi connectivity index (χ4v) is 4.07. The molecule has 0 aliphatic heterocycles. The summed E-state index contributed by atoms with van der Waals surface area (Å²) in [7, 11) is 0. The lowest BCUT2D eigenvalue weighted by molar-refractivity contribution is -0.142. The number of carboxylic acid groups (broad SMARTS) is 1. The van der Waals surface area contributed by atoms with Crippen LogP contribution in [0.25, 0.3) is 10.9 Å². The van der Waals surface area contributed by atoms with Gasteiger partial charge in [-0.05, 0) is 29.3 Å². The van der Waals surface area contributed by atoms with Crippen LogP contribution in [0, 0.1) is 0 Å². The molecule has 8 N–H and O–H groups in total. The molecule has 0 fully saturated rings. The van der Waals surface area contributed by atoms with Crippen LogP contribution < -0.4 is 16.4 Å². The number of aromatic nitrogens is 3. The van der Waals surface area contributed by atoms with Crippen LogP contribution in [0.15, 0.2) is 67.3 Å². The topological polar surface area (TPSA) is 186 Å². The average molecular weight is 505 g/mol. The van der Waals surface area contributed by atoms with E-state index in [0.29, 0.717) is 11.3 Å². The third-order valence-corrected chi connectivity index (χ3v) is 6.04. The molecule has 11 nitrogen and oxygen atoms in total. The van der Waals surface area contributed by atoms with Gasteiger partial charge in [-0.2, -0.15) is 0 Å². The van der Waals surface area contributed by atoms with Gasteiger partial charge >= 0.3 is 5.97 Å². The van der Waals surface area contributed by atoms with E-state index < -0.39 is 35.9 Å². The molecule has 0 saturated heterocycles. The summed E-state index contributed by atoms with van der Waals surface area (Å²) in [6.45, 7) is 0. The van der Waals surface area contributed by atoms with Crippen LogP contribution in [0.5, 0.6) is 5.75 Å². The van der Waals surface area contributed by atoms with Crippen LogP contribution in [0.4, 0.5) is 0 Å². The van der Waals surface area contributed by atoms with Gasteiger partial charge in [-0.15, -0.1) is 0 Å². The van der Waals surface area contributed by atoms with Gasteiger partial charge in [0.25, 0.3) is 0 Å². The van der Waals surface area contributed by atoms with E-state index in [2.05, 4.69) is 25.6 Å². The Morgan fingerprint density at radius 1 is 0.919 bits per heavy atom. The smallest absolute Gasteiger partial charge is 0.326 e. The summed E-state index contributed by atoms with van der Waals surface area (Å²) < 4.78 is 0. The number of imidazole rings is 1. The molecule has 2 amide bonds. The number of aliphatic carboxylic acids is 1. The highest BCUT2D eigenvalue weighted by Gasteiger charge is 2.29. The number of phenolic OH excluding ortho intramolecular Hbond substituents is 1. The van der Waals surface area contributed by atoms with Crippen LogP contribution in [-0.2, 0) is 33.6 Å². The fourth-order valence-electron chi connectivity index (χ4n) is 4.07. The highest BCUT2D eigenvalue weighted by Crippen LogP contribution is 2.19. The summed E-state index contributed by atoms with van der Waals surface area (Å²) in [5, 5.41) is 25.5. The third-order valence-electron chi connectivity index (χ3n) is 6.04. The Balaban J connectivity index is 1.50. The number of fused-ring (bicyclic) bond motifs is 1. The molecular weight excluding hydrogens is 476 g/mol. The van der Waals surface area contributed by atoms with Crippen molar-refractivity contribution in [2.45, 2.75) is 37.4 Å². The van der Waals surface area contributed by atoms with Gasteiger partial charge in [-0.1, -0.05) is 30.3 Å². The van der Waals surface area contributed by atoms with Crippen molar-refractivity contribution in [2.24, 2.45) is 5.73 Å². The van der Waals surface area contributed by atoms with Gasteiger partial charge in [0.1, 0.15) is 17.8 Å². The van der Waals surface area contributed by atoms with Crippen molar-refractivity contribution in [3.8, 4) is 5.75 Å². The first-order chi connectivity index (χ1) is 17.8. The molecule has 2 heterocycles. The molecule has 0 spiro atoms. The number of hydrogen-bond donors (Lipinski definition) is 7. The number of para-hydroxylation sites is 1. The zero-order valence-corrected chi connectivity index (χ0v) is 19.8. The summed E-state index contributed by atoms with van der Waals surface area (Å²) in [5.74, 6) is -2.39. The lowest BCUT2D eigenvalue weighted by atomic mass is 10.0.